The Bertz CT molecular complexity index is 674. The van der Waals surface area contributed by atoms with E-state index in [0.29, 0.717) is 12.5 Å². The Balaban J connectivity index is 1.50. The van der Waals surface area contributed by atoms with Gasteiger partial charge < -0.3 is 14.7 Å². The number of nitrogens with zero attached hydrogens (tertiary/aromatic N) is 1. The van der Waals surface area contributed by atoms with Gasteiger partial charge in [0.05, 0.1) is 6.61 Å². The van der Waals surface area contributed by atoms with Gasteiger partial charge in [-0.1, -0.05) is 41.4 Å². The molecule has 0 unspecified atom stereocenters. The van der Waals surface area contributed by atoms with Crippen LogP contribution in [0.25, 0.3) is 0 Å². The first kappa shape index (κ1) is 18.2. The van der Waals surface area contributed by atoms with Crippen LogP contribution in [-0.4, -0.2) is 42.9 Å². The molecule has 1 aliphatic heterocycles. The van der Waals surface area contributed by atoms with E-state index in [2.05, 4.69) is 30.0 Å². The van der Waals surface area contributed by atoms with Crippen LogP contribution in [0.5, 0.6) is 5.75 Å². The number of aliphatic hydroxyl groups is 1. The Morgan fingerprint density at radius 3 is 2.60 bits per heavy atom. The normalized spacial score (nSPS) is 20.8. The first-order valence-electron chi connectivity index (χ1n) is 8.91. The lowest BCUT2D eigenvalue weighted by atomic mass is 9.98. The summed E-state index contributed by atoms with van der Waals surface area (Å²) in [5, 5.41) is 10.5. The standard InChI is InChI=1S/C21H26ClNO2/c1-16-5-7-21(8-6-16)25-15-19-13-23(12-18(19)14-24)10-9-17-3-2-4-20(22)11-17/h2-8,11,18-19,24H,9-10,12-15H2,1H3/t18-,19-/m0/s1. The number of aryl methyl sites for hydroxylation is 1. The molecule has 0 aliphatic carbocycles. The van der Waals surface area contributed by atoms with E-state index in [4.69, 9.17) is 16.3 Å². The van der Waals surface area contributed by atoms with Gasteiger partial charge in [0.25, 0.3) is 0 Å². The minimum absolute atomic E-state index is 0.218. The number of rotatable bonds is 7. The average Bonchev–Trinajstić information content (AvgIpc) is 3.02. The second-order valence-corrected chi connectivity index (χ2v) is 7.40. The monoisotopic (exact) mass is 359 g/mol. The van der Waals surface area contributed by atoms with Crippen molar-refractivity contribution < 1.29 is 9.84 Å². The molecule has 0 bridgehead atoms. The SMILES string of the molecule is Cc1ccc(OC[C@@H]2CN(CCc3cccc(Cl)c3)C[C@H]2CO)cc1. The highest BCUT2D eigenvalue weighted by Gasteiger charge is 2.32. The lowest BCUT2D eigenvalue weighted by molar-refractivity contribution is 0.162. The first-order chi connectivity index (χ1) is 12.1. The zero-order valence-electron chi connectivity index (χ0n) is 14.7. The van der Waals surface area contributed by atoms with Gasteiger partial charge in [0, 0.05) is 43.1 Å². The topological polar surface area (TPSA) is 32.7 Å². The molecule has 1 N–H and O–H groups in total. The fraction of sp³-hybridized carbons (Fsp3) is 0.429. The predicted molar refractivity (Wildman–Crippen MR) is 102 cm³/mol. The molecule has 0 amide bonds. The van der Waals surface area contributed by atoms with E-state index in [1.165, 1.54) is 11.1 Å². The summed E-state index contributed by atoms with van der Waals surface area (Å²) in [6.07, 6.45) is 0.976. The van der Waals surface area contributed by atoms with E-state index in [-0.39, 0.29) is 12.5 Å². The zero-order valence-corrected chi connectivity index (χ0v) is 15.5. The van der Waals surface area contributed by atoms with Gasteiger partial charge in [-0.2, -0.15) is 0 Å². The van der Waals surface area contributed by atoms with Crippen molar-refractivity contribution in [3.8, 4) is 5.75 Å². The molecule has 0 spiro atoms. The number of aliphatic hydroxyl groups excluding tert-OH is 1. The molecule has 25 heavy (non-hydrogen) atoms. The molecule has 1 saturated heterocycles. The number of likely N-dealkylation sites (tertiary alicyclic amines) is 1. The van der Waals surface area contributed by atoms with Crippen molar-refractivity contribution in [2.75, 3.05) is 32.8 Å². The molecule has 3 rings (SSSR count). The third-order valence-corrected chi connectivity index (χ3v) is 5.21. The molecule has 0 radical (unpaired) electrons. The highest BCUT2D eigenvalue weighted by Crippen LogP contribution is 2.25. The van der Waals surface area contributed by atoms with Crippen molar-refractivity contribution in [1.29, 1.82) is 0 Å². The number of hydrogen-bond donors (Lipinski definition) is 1. The summed E-state index contributed by atoms with van der Waals surface area (Å²) in [6, 6.07) is 16.2. The number of ether oxygens (including phenoxy) is 1. The van der Waals surface area contributed by atoms with Crippen molar-refractivity contribution in [3.05, 3.63) is 64.7 Å². The number of halogens is 1. The van der Waals surface area contributed by atoms with Crippen LogP contribution in [0.4, 0.5) is 0 Å². The first-order valence-corrected chi connectivity index (χ1v) is 9.29. The second-order valence-electron chi connectivity index (χ2n) is 6.97. The van der Waals surface area contributed by atoms with E-state index in [1.807, 2.05) is 30.3 Å². The van der Waals surface area contributed by atoms with Crippen LogP contribution in [0.3, 0.4) is 0 Å². The van der Waals surface area contributed by atoms with E-state index in [0.717, 1.165) is 36.8 Å². The van der Waals surface area contributed by atoms with E-state index >= 15 is 0 Å². The Labute approximate surface area is 155 Å². The fourth-order valence-corrected chi connectivity index (χ4v) is 3.64. The third kappa shape index (κ3) is 5.21. The van der Waals surface area contributed by atoms with E-state index in [1.54, 1.807) is 0 Å². The minimum Gasteiger partial charge on any atom is -0.493 e. The van der Waals surface area contributed by atoms with Gasteiger partial charge in [-0.3, -0.25) is 0 Å². The van der Waals surface area contributed by atoms with Crippen molar-refractivity contribution in [2.24, 2.45) is 11.8 Å². The van der Waals surface area contributed by atoms with Crippen LogP contribution in [0.1, 0.15) is 11.1 Å². The van der Waals surface area contributed by atoms with Crippen LogP contribution in [-0.2, 0) is 6.42 Å². The lowest BCUT2D eigenvalue weighted by Crippen LogP contribution is -2.24. The van der Waals surface area contributed by atoms with Crippen molar-refractivity contribution in [2.45, 2.75) is 13.3 Å². The molecular weight excluding hydrogens is 334 g/mol. The molecule has 4 heteroatoms. The summed E-state index contributed by atoms with van der Waals surface area (Å²) in [5.74, 6) is 1.55. The molecular formula is C21H26ClNO2. The molecule has 2 atom stereocenters. The maximum Gasteiger partial charge on any atom is 0.119 e. The Hall–Kier alpha value is -1.55. The number of hydrogen-bond acceptors (Lipinski definition) is 3. The fourth-order valence-electron chi connectivity index (χ4n) is 3.43. The smallest absolute Gasteiger partial charge is 0.119 e. The molecule has 3 nitrogen and oxygen atoms in total. The zero-order chi connectivity index (χ0) is 17.6. The average molecular weight is 360 g/mol. The highest BCUT2D eigenvalue weighted by atomic mass is 35.5. The molecule has 2 aromatic rings. The van der Waals surface area contributed by atoms with Gasteiger partial charge in [0.15, 0.2) is 0 Å². The van der Waals surface area contributed by atoms with E-state index < -0.39 is 0 Å². The van der Waals surface area contributed by atoms with Gasteiger partial charge in [0.2, 0.25) is 0 Å². The van der Waals surface area contributed by atoms with Crippen LogP contribution >= 0.6 is 11.6 Å². The molecule has 1 heterocycles. The van der Waals surface area contributed by atoms with Crippen LogP contribution in [0, 0.1) is 18.8 Å². The summed E-state index contributed by atoms with van der Waals surface area (Å²) in [4.78, 5) is 2.42. The largest absolute Gasteiger partial charge is 0.493 e. The van der Waals surface area contributed by atoms with Crippen molar-refractivity contribution >= 4 is 11.6 Å². The highest BCUT2D eigenvalue weighted by molar-refractivity contribution is 6.30. The Kier molecular flexibility index (Phi) is 6.35. The van der Waals surface area contributed by atoms with Crippen LogP contribution in [0.2, 0.25) is 5.02 Å². The maximum absolute atomic E-state index is 9.71. The summed E-state index contributed by atoms with van der Waals surface area (Å²) >= 11 is 6.06. The van der Waals surface area contributed by atoms with Gasteiger partial charge >= 0.3 is 0 Å². The molecule has 0 saturated carbocycles. The minimum atomic E-state index is 0.218. The predicted octanol–water partition coefficient (Wildman–Crippen LogP) is 3.81. The molecule has 0 aromatic heterocycles. The Morgan fingerprint density at radius 2 is 1.88 bits per heavy atom. The number of benzene rings is 2. The van der Waals surface area contributed by atoms with Gasteiger partial charge in [-0.05, 0) is 43.2 Å². The molecule has 1 fully saturated rings. The third-order valence-electron chi connectivity index (χ3n) is 4.98. The van der Waals surface area contributed by atoms with Gasteiger partial charge in [0.1, 0.15) is 5.75 Å². The lowest BCUT2D eigenvalue weighted by Gasteiger charge is -2.17. The molecule has 1 aliphatic rings. The van der Waals surface area contributed by atoms with Gasteiger partial charge in [-0.25, -0.2) is 0 Å². The maximum atomic E-state index is 9.71. The summed E-state index contributed by atoms with van der Waals surface area (Å²) < 4.78 is 5.95. The van der Waals surface area contributed by atoms with Crippen LogP contribution in [0.15, 0.2) is 48.5 Å². The van der Waals surface area contributed by atoms with E-state index in [9.17, 15) is 5.11 Å². The summed E-state index contributed by atoms with van der Waals surface area (Å²) in [5.41, 5.74) is 2.49. The second kappa shape index (κ2) is 8.70. The summed E-state index contributed by atoms with van der Waals surface area (Å²) in [6.45, 7) is 5.83. The quantitative estimate of drug-likeness (QED) is 0.816. The Morgan fingerprint density at radius 1 is 1.12 bits per heavy atom. The molecule has 134 valence electrons. The van der Waals surface area contributed by atoms with Crippen molar-refractivity contribution in [3.63, 3.8) is 0 Å². The van der Waals surface area contributed by atoms with Crippen molar-refractivity contribution in [1.82, 2.24) is 4.90 Å². The molecule has 2 aromatic carbocycles. The summed E-state index contributed by atoms with van der Waals surface area (Å²) in [7, 11) is 0. The van der Waals surface area contributed by atoms with Gasteiger partial charge in [-0.15, -0.1) is 0 Å². The van der Waals surface area contributed by atoms with Crippen LogP contribution < -0.4 is 4.74 Å².